The van der Waals surface area contributed by atoms with Gasteiger partial charge >= 0.3 is 6.09 Å². The van der Waals surface area contributed by atoms with E-state index >= 15 is 4.39 Å². The van der Waals surface area contributed by atoms with Crippen LogP contribution in [-0.2, 0) is 11.3 Å². The summed E-state index contributed by atoms with van der Waals surface area (Å²) in [6.07, 6.45) is -0.782. The van der Waals surface area contributed by atoms with Gasteiger partial charge in [-0.15, -0.1) is 0 Å². The van der Waals surface area contributed by atoms with Gasteiger partial charge in [-0.1, -0.05) is 11.6 Å². The van der Waals surface area contributed by atoms with Crippen LogP contribution in [0.5, 0.6) is 11.5 Å². The fraction of sp³-hybridized carbons (Fsp3) is 0.435. The molecule has 1 aromatic carbocycles. The van der Waals surface area contributed by atoms with Gasteiger partial charge in [0, 0.05) is 23.8 Å². The number of hydrogen-bond donors (Lipinski definition) is 3. The Morgan fingerprint density at radius 3 is 2.80 bits per heavy atom. The van der Waals surface area contributed by atoms with Crippen molar-refractivity contribution in [1.82, 2.24) is 15.2 Å². The third-order valence-corrected chi connectivity index (χ3v) is 6.59. The lowest BCUT2D eigenvalue weighted by Gasteiger charge is -2.32. The van der Waals surface area contributed by atoms with Gasteiger partial charge in [0.2, 0.25) is 0 Å². The monoisotopic (exact) mass is 508 g/mol. The van der Waals surface area contributed by atoms with E-state index in [1.54, 1.807) is 32.2 Å². The molecule has 2 aliphatic rings. The molecule has 1 saturated heterocycles. The van der Waals surface area contributed by atoms with Crippen LogP contribution in [0.2, 0.25) is 5.15 Å². The number of carbonyl (C=O) groups excluding carboxylic acids is 1. The molecule has 35 heavy (non-hydrogen) atoms. The first-order valence-corrected chi connectivity index (χ1v) is 11.4. The molecule has 3 N–H and O–H groups in total. The first-order valence-electron chi connectivity index (χ1n) is 11.0. The number of benzene rings is 1. The number of carbonyl (C=O) groups is 2. The highest BCUT2D eigenvalue weighted by atomic mass is 35.5. The second-order valence-corrected chi connectivity index (χ2v) is 8.67. The molecular weight excluding hydrogens is 483 g/mol. The van der Waals surface area contributed by atoms with Crippen molar-refractivity contribution in [3.63, 3.8) is 0 Å². The normalized spacial score (nSPS) is 21.5. The highest BCUT2D eigenvalue weighted by molar-refractivity contribution is 6.33. The van der Waals surface area contributed by atoms with Gasteiger partial charge in [-0.05, 0) is 25.5 Å². The van der Waals surface area contributed by atoms with Crippen LogP contribution in [-0.4, -0.2) is 66.5 Å². The number of fused-ring (bicyclic) bond motifs is 1. The molecule has 2 aliphatic heterocycles. The Morgan fingerprint density at radius 1 is 1.34 bits per heavy atom. The van der Waals surface area contributed by atoms with Crippen LogP contribution in [0.3, 0.4) is 0 Å². The Bertz CT molecular complexity index is 1150. The summed E-state index contributed by atoms with van der Waals surface area (Å²) in [6, 6.07) is 3.54. The molecule has 3 heterocycles. The van der Waals surface area contributed by atoms with E-state index in [4.69, 9.17) is 30.9 Å². The summed E-state index contributed by atoms with van der Waals surface area (Å²) in [6.45, 7) is 2.38. The molecule has 0 aliphatic carbocycles. The predicted octanol–water partition coefficient (Wildman–Crippen LogP) is 3.45. The van der Waals surface area contributed by atoms with Crippen molar-refractivity contribution in [3.8, 4) is 11.5 Å². The Hall–Kier alpha value is -3.31. The van der Waals surface area contributed by atoms with Crippen LogP contribution in [0, 0.1) is 5.82 Å². The molecule has 0 radical (unpaired) electrons. The van der Waals surface area contributed by atoms with Crippen molar-refractivity contribution >= 4 is 29.4 Å². The van der Waals surface area contributed by atoms with Crippen LogP contribution >= 0.6 is 11.6 Å². The van der Waals surface area contributed by atoms with Gasteiger partial charge in [0.05, 0.1) is 51.1 Å². The van der Waals surface area contributed by atoms with E-state index in [0.29, 0.717) is 30.1 Å². The average molecular weight is 509 g/mol. The number of halogens is 2. The van der Waals surface area contributed by atoms with E-state index < -0.39 is 35.9 Å². The van der Waals surface area contributed by atoms with E-state index in [0.717, 1.165) is 0 Å². The van der Waals surface area contributed by atoms with Crippen molar-refractivity contribution in [2.45, 2.75) is 38.0 Å². The molecule has 188 valence electrons. The maximum Gasteiger partial charge on any atom is 0.405 e. The van der Waals surface area contributed by atoms with Gasteiger partial charge < -0.3 is 34.9 Å². The predicted molar refractivity (Wildman–Crippen MR) is 125 cm³/mol. The Labute approximate surface area is 206 Å². The van der Waals surface area contributed by atoms with Crippen molar-refractivity contribution in [2.24, 2.45) is 0 Å². The third-order valence-electron chi connectivity index (χ3n) is 6.31. The molecule has 0 spiro atoms. The first kappa shape index (κ1) is 24.8. The van der Waals surface area contributed by atoms with Crippen LogP contribution in [0.15, 0.2) is 18.2 Å². The SMILES string of the molecule is COc1ccc(CN2C(=O)c3c(Cl)nc(N[C@@H]4CCOC[C@@H]4NC(=O)O)c(F)c3C2C)c(OC)c1. The summed E-state index contributed by atoms with van der Waals surface area (Å²) in [5.41, 5.74) is 0.871. The van der Waals surface area contributed by atoms with Crippen molar-refractivity contribution in [2.75, 3.05) is 32.8 Å². The standard InChI is InChI=1S/C23H26ClFN4O6/c1-11-17-18(22(30)29(11)9-12-4-5-13(33-2)8-16(12)34-3)20(24)28-21(19(17)25)26-14-6-7-35-10-15(14)27-23(31)32/h4-5,8,11,14-15,27H,6-7,9-10H2,1-3H3,(H,26,28)(H,31,32)/t11?,14-,15+/m1/s1. The minimum absolute atomic E-state index is 0.0156. The van der Waals surface area contributed by atoms with Gasteiger partial charge in [-0.3, -0.25) is 4.79 Å². The molecule has 4 rings (SSSR count). The highest BCUT2D eigenvalue weighted by Crippen LogP contribution is 2.42. The molecular formula is C23H26ClFN4O6. The summed E-state index contributed by atoms with van der Waals surface area (Å²) in [7, 11) is 3.06. The average Bonchev–Trinajstić information content (AvgIpc) is 3.08. The van der Waals surface area contributed by atoms with Gasteiger partial charge in [0.1, 0.15) is 16.7 Å². The number of nitrogens with zero attached hydrogens (tertiary/aromatic N) is 2. The van der Waals surface area contributed by atoms with E-state index in [9.17, 15) is 9.59 Å². The molecule has 3 atom stereocenters. The summed E-state index contributed by atoms with van der Waals surface area (Å²) in [5, 5.41) is 14.3. The van der Waals surface area contributed by atoms with Crippen LogP contribution in [0.25, 0.3) is 0 Å². The maximum atomic E-state index is 15.7. The molecule has 10 nitrogen and oxygen atoms in total. The fourth-order valence-electron chi connectivity index (χ4n) is 4.48. The van der Waals surface area contributed by atoms with E-state index in [-0.39, 0.29) is 35.2 Å². The van der Waals surface area contributed by atoms with Gasteiger partial charge in [0.25, 0.3) is 5.91 Å². The van der Waals surface area contributed by atoms with Crippen LogP contribution in [0.4, 0.5) is 15.0 Å². The number of carboxylic acid groups (broad SMARTS) is 1. The first-order chi connectivity index (χ1) is 16.7. The second-order valence-electron chi connectivity index (χ2n) is 8.31. The molecule has 2 amide bonds. The summed E-state index contributed by atoms with van der Waals surface area (Å²) in [4.78, 5) is 30.0. The van der Waals surface area contributed by atoms with Crippen molar-refractivity contribution in [1.29, 1.82) is 0 Å². The zero-order valence-corrected chi connectivity index (χ0v) is 20.2. The molecule has 1 unspecified atom stereocenters. The van der Waals surface area contributed by atoms with Crippen molar-refractivity contribution < 1.29 is 33.3 Å². The minimum Gasteiger partial charge on any atom is -0.497 e. The van der Waals surface area contributed by atoms with E-state index in [2.05, 4.69) is 15.6 Å². The summed E-state index contributed by atoms with van der Waals surface area (Å²) >= 11 is 6.37. The zero-order valence-electron chi connectivity index (χ0n) is 19.4. The number of ether oxygens (including phenoxy) is 3. The zero-order chi connectivity index (χ0) is 25.3. The Morgan fingerprint density at radius 2 is 2.11 bits per heavy atom. The number of aromatic nitrogens is 1. The lowest BCUT2D eigenvalue weighted by Crippen LogP contribution is -2.52. The van der Waals surface area contributed by atoms with E-state index in [1.807, 2.05) is 0 Å². The highest BCUT2D eigenvalue weighted by Gasteiger charge is 2.41. The van der Waals surface area contributed by atoms with Crippen LogP contribution in [0.1, 0.15) is 40.9 Å². The van der Waals surface area contributed by atoms with Gasteiger partial charge in [0.15, 0.2) is 11.6 Å². The smallest absolute Gasteiger partial charge is 0.405 e. The maximum absolute atomic E-state index is 15.7. The number of pyridine rings is 1. The number of methoxy groups -OCH3 is 2. The Balaban J connectivity index is 1.62. The number of nitrogens with one attached hydrogen (secondary N) is 2. The lowest BCUT2D eigenvalue weighted by atomic mass is 10.0. The summed E-state index contributed by atoms with van der Waals surface area (Å²) in [5.74, 6) is -0.141. The second kappa shape index (κ2) is 10.1. The topological polar surface area (TPSA) is 122 Å². The number of hydrogen-bond acceptors (Lipinski definition) is 7. The number of rotatable bonds is 7. The molecule has 0 saturated carbocycles. The number of anilines is 1. The van der Waals surface area contributed by atoms with Crippen LogP contribution < -0.4 is 20.1 Å². The van der Waals surface area contributed by atoms with E-state index in [1.165, 1.54) is 12.0 Å². The number of amides is 2. The molecule has 1 fully saturated rings. The molecule has 12 heteroatoms. The fourth-order valence-corrected chi connectivity index (χ4v) is 4.75. The third kappa shape index (κ3) is 4.78. The minimum atomic E-state index is -1.21. The van der Waals surface area contributed by atoms with Crippen molar-refractivity contribution in [3.05, 3.63) is 45.9 Å². The molecule has 1 aromatic heterocycles. The quantitative estimate of drug-likeness (QED) is 0.486. The van der Waals surface area contributed by atoms with Gasteiger partial charge in [-0.25, -0.2) is 14.2 Å². The molecule has 2 aromatic rings. The molecule has 0 bridgehead atoms. The van der Waals surface area contributed by atoms with Gasteiger partial charge in [-0.2, -0.15) is 0 Å². The summed E-state index contributed by atoms with van der Waals surface area (Å²) < 4.78 is 31.7. The Kier molecular flexibility index (Phi) is 7.18. The lowest BCUT2D eigenvalue weighted by molar-refractivity contribution is 0.0625. The largest absolute Gasteiger partial charge is 0.497 e.